The second-order valence-electron chi connectivity index (χ2n) is 8.20. The monoisotopic (exact) mass is 480 g/mol. The SMILES string of the molecule is Cc1cc2c(=O)[nH]ccc2cc1OC1CCN(Cc2ccc(S(=O)(=O)C(F)(F)F)cc2)CC1. The number of hydrogen-bond acceptors (Lipinski definition) is 5. The fourth-order valence-electron chi connectivity index (χ4n) is 3.98. The van der Waals surface area contributed by atoms with Gasteiger partial charge < -0.3 is 9.72 Å². The van der Waals surface area contributed by atoms with E-state index in [1.807, 2.05) is 25.1 Å². The van der Waals surface area contributed by atoms with Crippen molar-refractivity contribution in [1.82, 2.24) is 9.88 Å². The van der Waals surface area contributed by atoms with Crippen LogP contribution in [0.15, 0.2) is 58.4 Å². The van der Waals surface area contributed by atoms with E-state index in [0.29, 0.717) is 11.9 Å². The molecule has 176 valence electrons. The predicted molar refractivity (Wildman–Crippen MR) is 118 cm³/mol. The molecule has 10 heteroatoms. The van der Waals surface area contributed by atoms with Gasteiger partial charge in [-0.2, -0.15) is 13.2 Å². The van der Waals surface area contributed by atoms with E-state index in [1.54, 1.807) is 6.20 Å². The Labute approximate surface area is 188 Å². The third-order valence-corrected chi connectivity index (χ3v) is 7.34. The normalized spacial score (nSPS) is 16.2. The second-order valence-corrected chi connectivity index (χ2v) is 10.1. The predicted octanol–water partition coefficient (Wildman–Crippen LogP) is 4.17. The summed E-state index contributed by atoms with van der Waals surface area (Å²) in [5.41, 5.74) is -3.82. The zero-order valence-corrected chi connectivity index (χ0v) is 18.7. The van der Waals surface area contributed by atoms with Gasteiger partial charge in [-0.15, -0.1) is 0 Å². The first-order chi connectivity index (χ1) is 15.5. The van der Waals surface area contributed by atoms with Crippen molar-refractivity contribution < 1.29 is 26.3 Å². The van der Waals surface area contributed by atoms with Crippen LogP contribution in [0.3, 0.4) is 0 Å². The van der Waals surface area contributed by atoms with E-state index < -0.39 is 20.2 Å². The van der Waals surface area contributed by atoms with Crippen molar-refractivity contribution in [3.05, 3.63) is 70.1 Å². The molecular weight excluding hydrogens is 457 g/mol. The molecule has 2 aromatic carbocycles. The van der Waals surface area contributed by atoms with Gasteiger partial charge in [-0.25, -0.2) is 8.42 Å². The van der Waals surface area contributed by atoms with Gasteiger partial charge in [0.1, 0.15) is 11.9 Å². The summed E-state index contributed by atoms with van der Waals surface area (Å²) >= 11 is 0. The topological polar surface area (TPSA) is 79.5 Å². The molecule has 0 unspecified atom stereocenters. The van der Waals surface area contributed by atoms with Gasteiger partial charge in [0.15, 0.2) is 0 Å². The van der Waals surface area contributed by atoms with Gasteiger partial charge >= 0.3 is 5.51 Å². The number of piperidine rings is 1. The quantitative estimate of drug-likeness (QED) is 0.593. The van der Waals surface area contributed by atoms with E-state index in [2.05, 4.69) is 9.88 Å². The van der Waals surface area contributed by atoms with Crippen molar-refractivity contribution >= 4 is 20.6 Å². The molecule has 4 rings (SSSR count). The van der Waals surface area contributed by atoms with Crippen molar-refractivity contribution in [3.8, 4) is 5.75 Å². The van der Waals surface area contributed by atoms with E-state index >= 15 is 0 Å². The highest BCUT2D eigenvalue weighted by Gasteiger charge is 2.46. The van der Waals surface area contributed by atoms with Crippen LogP contribution in [0, 0.1) is 6.92 Å². The number of aromatic amines is 1. The Morgan fingerprint density at radius 1 is 1.09 bits per heavy atom. The summed E-state index contributed by atoms with van der Waals surface area (Å²) in [6.45, 7) is 3.88. The summed E-state index contributed by atoms with van der Waals surface area (Å²) < 4.78 is 67.2. The summed E-state index contributed by atoms with van der Waals surface area (Å²) in [4.78, 5) is 16.0. The number of rotatable bonds is 5. The minimum Gasteiger partial charge on any atom is -0.490 e. The molecule has 2 heterocycles. The minimum absolute atomic E-state index is 0.0127. The average molecular weight is 481 g/mol. The summed E-state index contributed by atoms with van der Waals surface area (Å²) in [7, 11) is -5.33. The molecule has 0 amide bonds. The molecule has 0 spiro atoms. The van der Waals surface area contributed by atoms with E-state index in [-0.39, 0.29) is 11.7 Å². The van der Waals surface area contributed by atoms with Crippen LogP contribution in [0.2, 0.25) is 0 Å². The molecule has 0 bridgehead atoms. The number of alkyl halides is 3. The molecular formula is C23H23F3N2O4S. The largest absolute Gasteiger partial charge is 0.501 e. The van der Waals surface area contributed by atoms with Gasteiger partial charge in [0, 0.05) is 31.2 Å². The Hall–Kier alpha value is -2.85. The first kappa shape index (κ1) is 23.3. The Balaban J connectivity index is 1.36. The Morgan fingerprint density at radius 3 is 2.39 bits per heavy atom. The fraction of sp³-hybridized carbons (Fsp3) is 0.348. The van der Waals surface area contributed by atoms with Gasteiger partial charge in [-0.3, -0.25) is 9.69 Å². The number of ether oxygens (including phenoxy) is 1. The molecule has 3 aromatic rings. The number of sulfone groups is 1. The molecule has 0 radical (unpaired) electrons. The van der Waals surface area contributed by atoms with Crippen LogP contribution in [0.25, 0.3) is 10.8 Å². The summed E-state index contributed by atoms with van der Waals surface area (Å²) in [5.74, 6) is 0.744. The van der Waals surface area contributed by atoms with Gasteiger partial charge in [0.2, 0.25) is 0 Å². The van der Waals surface area contributed by atoms with Crippen LogP contribution >= 0.6 is 0 Å². The average Bonchev–Trinajstić information content (AvgIpc) is 2.76. The maximum atomic E-state index is 12.7. The van der Waals surface area contributed by atoms with Crippen LogP contribution in [-0.2, 0) is 16.4 Å². The number of pyridine rings is 1. The third kappa shape index (κ3) is 4.91. The molecule has 1 saturated heterocycles. The Morgan fingerprint density at radius 2 is 1.76 bits per heavy atom. The molecule has 1 aliphatic heterocycles. The van der Waals surface area contributed by atoms with Gasteiger partial charge in [0.05, 0.1) is 4.90 Å². The molecule has 1 fully saturated rings. The van der Waals surface area contributed by atoms with Crippen molar-refractivity contribution in [1.29, 1.82) is 0 Å². The number of H-pyrrole nitrogens is 1. The van der Waals surface area contributed by atoms with E-state index in [9.17, 15) is 26.4 Å². The molecule has 1 N–H and O–H groups in total. The maximum absolute atomic E-state index is 12.7. The first-order valence-electron chi connectivity index (χ1n) is 10.5. The smallest absolute Gasteiger partial charge is 0.490 e. The fourth-order valence-corrected chi connectivity index (χ4v) is 4.74. The lowest BCUT2D eigenvalue weighted by atomic mass is 10.1. The summed E-state index contributed by atoms with van der Waals surface area (Å²) in [6.07, 6.45) is 3.16. The number of benzene rings is 2. The Bertz CT molecular complexity index is 1310. The number of hydrogen-bond donors (Lipinski definition) is 1. The zero-order chi connectivity index (χ0) is 23.8. The molecule has 1 aromatic heterocycles. The zero-order valence-electron chi connectivity index (χ0n) is 17.9. The highest BCUT2D eigenvalue weighted by atomic mass is 32.2. The standard InChI is InChI=1S/C23H23F3N2O4S/c1-15-12-20-17(6-9-27-22(20)29)13-21(15)32-18-7-10-28(11-8-18)14-16-2-4-19(5-3-16)33(30,31)23(24,25)26/h2-6,9,12-13,18H,7-8,10-11,14H2,1H3,(H,27,29). The molecule has 1 aliphatic rings. The van der Waals surface area contributed by atoms with Crippen molar-refractivity contribution in [2.24, 2.45) is 0 Å². The van der Waals surface area contributed by atoms with Crippen LogP contribution in [0.1, 0.15) is 24.0 Å². The van der Waals surface area contributed by atoms with E-state index in [1.165, 1.54) is 12.1 Å². The number of halogens is 3. The lowest BCUT2D eigenvalue weighted by Crippen LogP contribution is -2.37. The van der Waals surface area contributed by atoms with Crippen molar-refractivity contribution in [2.75, 3.05) is 13.1 Å². The number of nitrogens with zero attached hydrogens (tertiary/aromatic N) is 1. The Kier molecular flexibility index (Phi) is 6.24. The van der Waals surface area contributed by atoms with Crippen LogP contribution in [0.5, 0.6) is 5.75 Å². The van der Waals surface area contributed by atoms with Crippen molar-refractivity contribution in [3.63, 3.8) is 0 Å². The lowest BCUT2D eigenvalue weighted by molar-refractivity contribution is -0.0436. The molecule has 0 atom stereocenters. The first-order valence-corrected chi connectivity index (χ1v) is 11.9. The molecule has 0 aliphatic carbocycles. The molecule has 0 saturated carbocycles. The van der Waals surface area contributed by atoms with Gasteiger partial charge in [-0.1, -0.05) is 12.1 Å². The van der Waals surface area contributed by atoms with Crippen LogP contribution in [-0.4, -0.2) is 43.0 Å². The third-order valence-electron chi connectivity index (χ3n) is 5.84. The van der Waals surface area contributed by atoms with E-state index in [0.717, 1.165) is 60.3 Å². The summed E-state index contributed by atoms with van der Waals surface area (Å²) in [5, 5.41) is 1.43. The number of aryl methyl sites for hydroxylation is 1. The van der Waals surface area contributed by atoms with E-state index in [4.69, 9.17) is 4.74 Å². The maximum Gasteiger partial charge on any atom is 0.501 e. The number of fused-ring (bicyclic) bond motifs is 1. The van der Waals surface area contributed by atoms with Gasteiger partial charge in [-0.05, 0) is 66.6 Å². The second kappa shape index (κ2) is 8.83. The number of nitrogens with one attached hydrogen (secondary N) is 1. The van der Waals surface area contributed by atoms with Crippen LogP contribution in [0.4, 0.5) is 13.2 Å². The highest BCUT2D eigenvalue weighted by molar-refractivity contribution is 7.92. The highest BCUT2D eigenvalue weighted by Crippen LogP contribution is 2.31. The van der Waals surface area contributed by atoms with Crippen molar-refractivity contribution in [2.45, 2.75) is 42.8 Å². The number of aromatic nitrogens is 1. The number of likely N-dealkylation sites (tertiary alicyclic amines) is 1. The van der Waals surface area contributed by atoms with Crippen LogP contribution < -0.4 is 10.3 Å². The molecule has 6 nitrogen and oxygen atoms in total. The summed E-state index contributed by atoms with van der Waals surface area (Å²) in [6, 6.07) is 10.4. The van der Waals surface area contributed by atoms with Gasteiger partial charge in [0.25, 0.3) is 15.4 Å². The lowest BCUT2D eigenvalue weighted by Gasteiger charge is -2.32. The minimum atomic E-state index is -5.33. The molecule has 33 heavy (non-hydrogen) atoms.